The Labute approximate surface area is 207 Å². The molecule has 0 aliphatic rings. The first-order valence-electron chi connectivity index (χ1n) is 9.16. The predicted octanol–water partition coefficient (Wildman–Crippen LogP) is 1.82. The Morgan fingerprint density at radius 1 is 0.969 bits per heavy atom. The van der Waals surface area contributed by atoms with Crippen LogP contribution in [0.5, 0.6) is 5.75 Å². The Bertz CT molecular complexity index is 1410. The summed E-state index contributed by atoms with van der Waals surface area (Å²) >= 11 is 0. The van der Waals surface area contributed by atoms with E-state index in [1.165, 1.54) is 12.3 Å². The van der Waals surface area contributed by atoms with Gasteiger partial charge in [0.1, 0.15) is 27.2 Å². The van der Waals surface area contributed by atoms with E-state index in [1.54, 1.807) is 37.4 Å². The van der Waals surface area contributed by atoms with Gasteiger partial charge in [-0.05, 0) is 30.3 Å². The van der Waals surface area contributed by atoms with Gasteiger partial charge in [0.15, 0.2) is 0 Å². The van der Waals surface area contributed by atoms with Crippen LogP contribution in [0.25, 0.3) is 22.0 Å². The van der Waals surface area contributed by atoms with E-state index in [0.717, 1.165) is 23.1 Å². The molecule has 0 bridgehead atoms. The van der Waals surface area contributed by atoms with Crippen LogP contribution in [-0.4, -0.2) is 25.1 Å². The average Bonchev–Trinajstić information content (AvgIpc) is 2.78. The van der Waals surface area contributed by atoms with Crippen molar-refractivity contribution < 1.29 is 47.3 Å². The molecule has 0 unspecified atom stereocenters. The molecule has 0 atom stereocenters. The van der Waals surface area contributed by atoms with Gasteiger partial charge in [0, 0.05) is 16.3 Å². The zero-order valence-corrected chi connectivity index (χ0v) is 20.2. The summed E-state index contributed by atoms with van der Waals surface area (Å²) in [6.07, 6.45) is 1.53. The quantitative estimate of drug-likeness (QED) is 0.211. The third-order valence-electron chi connectivity index (χ3n) is 4.68. The second-order valence-electron chi connectivity index (χ2n) is 6.64. The number of azo groups is 1. The molecule has 0 spiro atoms. The van der Waals surface area contributed by atoms with Gasteiger partial charge in [0.2, 0.25) is 0 Å². The van der Waals surface area contributed by atoms with Crippen LogP contribution in [0.3, 0.4) is 0 Å². The van der Waals surface area contributed by atoms with Crippen LogP contribution < -0.4 is 40.0 Å². The largest absolute Gasteiger partial charge is 1.00 e. The van der Waals surface area contributed by atoms with E-state index < -0.39 is 15.0 Å². The zero-order valence-electron chi connectivity index (χ0n) is 17.4. The summed E-state index contributed by atoms with van der Waals surface area (Å²) in [6, 6.07) is 18.6. The number of pyridine rings is 1. The maximum atomic E-state index is 11.7. The Morgan fingerprint density at radius 2 is 1.72 bits per heavy atom. The van der Waals surface area contributed by atoms with Crippen LogP contribution in [0.2, 0.25) is 0 Å². The third kappa shape index (κ3) is 4.98. The zero-order chi connectivity index (χ0) is 22.0. The number of anilines is 1. The molecule has 4 aromatic rings. The van der Waals surface area contributed by atoms with Gasteiger partial charge in [-0.3, -0.25) is 4.98 Å². The predicted molar refractivity (Wildman–Crippen MR) is 117 cm³/mol. The number of fused-ring (bicyclic) bond motifs is 1. The van der Waals surface area contributed by atoms with Crippen LogP contribution in [0.15, 0.2) is 88.1 Å². The topological polar surface area (TPSA) is 130 Å². The van der Waals surface area contributed by atoms with Gasteiger partial charge in [-0.1, -0.05) is 36.4 Å². The van der Waals surface area contributed by atoms with Gasteiger partial charge in [-0.2, -0.15) is 0 Å². The van der Waals surface area contributed by atoms with Crippen LogP contribution in [-0.2, 0) is 10.1 Å². The van der Waals surface area contributed by atoms with Gasteiger partial charge in [-0.25, -0.2) is 8.42 Å². The van der Waals surface area contributed by atoms with Crippen molar-refractivity contribution in [2.75, 3.05) is 12.8 Å². The number of benzene rings is 3. The Morgan fingerprint density at radius 3 is 2.38 bits per heavy atom. The molecular weight excluding hydrogens is 439 g/mol. The van der Waals surface area contributed by atoms with Gasteiger partial charge >= 0.3 is 29.6 Å². The minimum atomic E-state index is -4.72. The number of rotatable bonds is 5. The first-order chi connectivity index (χ1) is 14.9. The van der Waals surface area contributed by atoms with Gasteiger partial charge in [-0.15, -0.1) is 10.2 Å². The average molecular weight is 456 g/mol. The van der Waals surface area contributed by atoms with Crippen LogP contribution in [0, 0.1) is 0 Å². The summed E-state index contributed by atoms with van der Waals surface area (Å²) in [7, 11) is -3.13. The normalized spacial score (nSPS) is 11.4. The summed E-state index contributed by atoms with van der Waals surface area (Å²) in [5.74, 6) is 0.721. The number of aromatic nitrogens is 1. The van der Waals surface area contributed by atoms with Crippen LogP contribution >= 0.6 is 0 Å². The summed E-state index contributed by atoms with van der Waals surface area (Å²) in [6.45, 7) is 0. The van der Waals surface area contributed by atoms with Crippen molar-refractivity contribution in [1.82, 2.24) is 4.98 Å². The molecule has 1 aromatic heterocycles. The molecule has 4 rings (SSSR count). The summed E-state index contributed by atoms with van der Waals surface area (Å²) in [4.78, 5) is 3.99. The van der Waals surface area contributed by atoms with Crippen molar-refractivity contribution >= 4 is 38.0 Å². The summed E-state index contributed by atoms with van der Waals surface area (Å²) in [5.41, 5.74) is 8.50. The van der Waals surface area contributed by atoms with E-state index in [4.69, 9.17) is 10.5 Å². The molecule has 0 saturated carbocycles. The number of nitrogens with zero attached hydrogens (tertiary/aromatic N) is 3. The fraction of sp³-hybridized carbons (Fsp3) is 0.0455. The fourth-order valence-electron chi connectivity index (χ4n) is 3.15. The third-order valence-corrected chi connectivity index (χ3v) is 5.56. The van der Waals surface area contributed by atoms with Crippen LogP contribution in [0.1, 0.15) is 0 Å². The number of hydrogen-bond acceptors (Lipinski definition) is 8. The molecule has 0 fully saturated rings. The van der Waals surface area contributed by atoms with Gasteiger partial charge in [0.25, 0.3) is 0 Å². The van der Waals surface area contributed by atoms with E-state index in [9.17, 15) is 13.0 Å². The molecule has 1 heterocycles. The van der Waals surface area contributed by atoms with Crippen molar-refractivity contribution in [3.05, 3.63) is 72.9 Å². The van der Waals surface area contributed by atoms with E-state index in [0.29, 0.717) is 11.1 Å². The Hall–Kier alpha value is -2.82. The fourth-order valence-corrected chi connectivity index (χ4v) is 3.85. The van der Waals surface area contributed by atoms with Gasteiger partial charge in [0.05, 0.1) is 29.6 Å². The van der Waals surface area contributed by atoms with Crippen molar-refractivity contribution in [1.29, 1.82) is 0 Å². The van der Waals surface area contributed by atoms with Crippen molar-refractivity contribution in [2.24, 2.45) is 10.2 Å². The molecule has 0 aliphatic heterocycles. The van der Waals surface area contributed by atoms with Crippen molar-refractivity contribution in [2.45, 2.75) is 4.90 Å². The molecule has 0 amide bonds. The monoisotopic (exact) mass is 456 g/mol. The molecule has 3 aromatic carbocycles. The van der Waals surface area contributed by atoms with E-state index in [1.807, 2.05) is 24.3 Å². The minimum absolute atomic E-state index is 0. The molecule has 0 aliphatic carbocycles. The number of nitrogen functional groups attached to an aromatic ring is 1. The first kappa shape index (κ1) is 23.8. The molecule has 156 valence electrons. The smallest absolute Gasteiger partial charge is 0.744 e. The van der Waals surface area contributed by atoms with Crippen molar-refractivity contribution in [3.8, 4) is 17.0 Å². The molecular formula is C22H17N4NaO4S. The molecule has 10 heteroatoms. The van der Waals surface area contributed by atoms with Crippen LogP contribution in [0.4, 0.5) is 17.1 Å². The first-order valence-corrected chi connectivity index (χ1v) is 10.6. The van der Waals surface area contributed by atoms with Crippen molar-refractivity contribution in [3.63, 3.8) is 0 Å². The van der Waals surface area contributed by atoms with E-state index in [-0.39, 0.29) is 46.3 Å². The summed E-state index contributed by atoms with van der Waals surface area (Å²) < 4.78 is 40.4. The number of nitrogens with two attached hydrogens (primary N) is 1. The standard InChI is InChI=1S/C22H18N4O4S.Na/c1-30-16-6-4-5-14(11-16)19-10-9-15(13-24-19)25-26-20-12-21(31(27,28)29)17-7-2-3-8-18(17)22(20)23;/h2-13H,23H2,1H3,(H,27,28,29);/q;+1/p-1. The number of hydrogen-bond donors (Lipinski definition) is 1. The minimum Gasteiger partial charge on any atom is -0.744 e. The number of ether oxygens (including phenoxy) is 1. The van der Waals surface area contributed by atoms with E-state index in [2.05, 4.69) is 15.2 Å². The summed E-state index contributed by atoms with van der Waals surface area (Å²) in [5, 5.41) is 8.83. The second-order valence-corrected chi connectivity index (χ2v) is 7.99. The molecule has 8 nitrogen and oxygen atoms in total. The molecule has 2 N–H and O–H groups in total. The molecule has 0 radical (unpaired) electrons. The van der Waals surface area contributed by atoms with E-state index >= 15 is 0 Å². The molecule has 0 saturated heterocycles. The second kappa shape index (κ2) is 9.76. The Balaban J connectivity index is 0.00000289. The maximum absolute atomic E-state index is 11.7. The SMILES string of the molecule is COc1cccc(-c2ccc(N=Nc3cc(S(=O)(=O)[O-])c4ccccc4c3N)cn2)c1.[Na+]. The maximum Gasteiger partial charge on any atom is 1.00 e. The Kier molecular flexibility index (Phi) is 7.27. The molecule has 32 heavy (non-hydrogen) atoms. The number of methoxy groups -OCH3 is 1. The van der Waals surface area contributed by atoms with Gasteiger partial charge < -0.3 is 15.0 Å².